The molecule has 0 bridgehead atoms. The average Bonchev–Trinajstić information content (AvgIpc) is 3.14. The van der Waals surface area contributed by atoms with Crippen LogP contribution in [0.5, 0.6) is 0 Å². The zero-order valence-corrected chi connectivity index (χ0v) is 20.7. The first kappa shape index (κ1) is 24.8. The van der Waals surface area contributed by atoms with Gasteiger partial charge in [0, 0.05) is 11.4 Å². The van der Waals surface area contributed by atoms with Gasteiger partial charge >= 0.3 is 0 Å². The van der Waals surface area contributed by atoms with E-state index >= 15 is 0 Å². The standard InChI is InChI=1S/C26H18Cl2FN3O2S/c1-15-2-7-18(8-3-15)31-24(33)20(14-30)26-32(19-9-5-17(29)6-10-19)25(34)23(35-26)13-16-4-11-21(27)22(28)12-16/h2-12,23H,13H2,1H3,(H,31,33)/b26-20-/t23-/m1/s1. The number of benzene rings is 3. The number of hydrogen-bond donors (Lipinski definition) is 1. The third-order valence-corrected chi connectivity index (χ3v) is 7.31. The third-order valence-electron chi connectivity index (χ3n) is 5.30. The lowest BCUT2D eigenvalue weighted by molar-refractivity contribution is -0.117. The Morgan fingerprint density at radius 2 is 1.77 bits per heavy atom. The number of carbonyl (C=O) groups is 2. The molecule has 0 unspecified atom stereocenters. The van der Waals surface area contributed by atoms with Crippen molar-refractivity contribution in [1.82, 2.24) is 0 Å². The number of nitrogens with zero attached hydrogens (tertiary/aromatic N) is 2. The largest absolute Gasteiger partial charge is 0.321 e. The summed E-state index contributed by atoms with van der Waals surface area (Å²) in [4.78, 5) is 27.8. The van der Waals surface area contributed by atoms with Gasteiger partial charge in [-0.05, 0) is 67.4 Å². The molecule has 1 N–H and O–H groups in total. The van der Waals surface area contributed by atoms with Crippen LogP contribution in [0.15, 0.2) is 77.3 Å². The fraction of sp³-hybridized carbons (Fsp3) is 0.115. The molecule has 3 aromatic carbocycles. The van der Waals surface area contributed by atoms with E-state index in [9.17, 15) is 19.2 Å². The smallest absolute Gasteiger partial charge is 0.269 e. The molecule has 4 rings (SSSR count). The predicted molar refractivity (Wildman–Crippen MR) is 138 cm³/mol. The second-order valence-corrected chi connectivity index (χ2v) is 9.83. The Kier molecular flexibility index (Phi) is 7.46. The van der Waals surface area contributed by atoms with E-state index in [-0.39, 0.29) is 16.5 Å². The number of thioether (sulfide) groups is 1. The summed E-state index contributed by atoms with van der Waals surface area (Å²) in [7, 11) is 0. The van der Waals surface area contributed by atoms with Crippen LogP contribution in [0.4, 0.5) is 15.8 Å². The van der Waals surface area contributed by atoms with Gasteiger partial charge < -0.3 is 5.32 Å². The SMILES string of the molecule is Cc1ccc(NC(=O)/C(C#N)=C2\S[C@H](Cc3ccc(Cl)c(Cl)c3)C(=O)N2c2ccc(F)cc2)cc1. The van der Waals surface area contributed by atoms with Crippen LogP contribution in [-0.2, 0) is 16.0 Å². The van der Waals surface area contributed by atoms with Crippen molar-refractivity contribution in [2.24, 2.45) is 0 Å². The van der Waals surface area contributed by atoms with Gasteiger partial charge in [0.1, 0.15) is 22.5 Å². The quantitative estimate of drug-likeness (QED) is 0.304. The van der Waals surface area contributed by atoms with E-state index < -0.39 is 17.0 Å². The van der Waals surface area contributed by atoms with Gasteiger partial charge in [-0.3, -0.25) is 14.5 Å². The minimum Gasteiger partial charge on any atom is -0.321 e. The molecule has 5 nitrogen and oxygen atoms in total. The van der Waals surface area contributed by atoms with Gasteiger partial charge in [0.25, 0.3) is 5.91 Å². The minimum atomic E-state index is -0.644. The summed E-state index contributed by atoms with van der Waals surface area (Å²) < 4.78 is 13.6. The summed E-state index contributed by atoms with van der Waals surface area (Å²) in [6.45, 7) is 1.92. The molecule has 1 saturated heterocycles. The Hall–Kier alpha value is -3.31. The maximum Gasteiger partial charge on any atom is 0.269 e. The van der Waals surface area contributed by atoms with Crippen LogP contribution in [0.25, 0.3) is 0 Å². The van der Waals surface area contributed by atoms with Crippen LogP contribution in [0.2, 0.25) is 10.0 Å². The number of rotatable bonds is 5. The Morgan fingerprint density at radius 3 is 2.40 bits per heavy atom. The third kappa shape index (κ3) is 5.51. The van der Waals surface area contributed by atoms with Gasteiger partial charge in [0.2, 0.25) is 5.91 Å². The molecule has 1 atom stereocenters. The van der Waals surface area contributed by atoms with Gasteiger partial charge in [0.15, 0.2) is 0 Å². The van der Waals surface area contributed by atoms with Crippen molar-refractivity contribution in [1.29, 1.82) is 5.26 Å². The topological polar surface area (TPSA) is 73.2 Å². The summed E-state index contributed by atoms with van der Waals surface area (Å²) in [5.41, 5.74) is 2.44. The second-order valence-electron chi connectivity index (χ2n) is 7.82. The Labute approximate surface area is 216 Å². The first-order valence-corrected chi connectivity index (χ1v) is 12.1. The van der Waals surface area contributed by atoms with Crippen LogP contribution in [0.1, 0.15) is 11.1 Å². The molecule has 0 saturated carbocycles. The second kappa shape index (κ2) is 10.5. The van der Waals surface area contributed by atoms with Crippen molar-refractivity contribution in [2.45, 2.75) is 18.6 Å². The van der Waals surface area contributed by atoms with E-state index in [4.69, 9.17) is 23.2 Å². The number of halogens is 3. The number of nitriles is 1. The molecule has 2 amide bonds. The summed E-state index contributed by atoms with van der Waals surface area (Å²) in [6, 6.07) is 19.5. The first-order valence-electron chi connectivity index (χ1n) is 10.5. The highest BCUT2D eigenvalue weighted by molar-refractivity contribution is 8.05. The number of anilines is 2. The monoisotopic (exact) mass is 525 g/mol. The molecular formula is C26H18Cl2FN3O2S. The van der Waals surface area contributed by atoms with Crippen LogP contribution in [0, 0.1) is 24.1 Å². The summed E-state index contributed by atoms with van der Waals surface area (Å²) >= 11 is 13.2. The number of carbonyl (C=O) groups excluding carboxylic acids is 2. The molecule has 0 aromatic heterocycles. The molecule has 176 valence electrons. The predicted octanol–water partition coefficient (Wildman–Crippen LogP) is 6.51. The van der Waals surface area contributed by atoms with E-state index in [1.54, 1.807) is 30.3 Å². The van der Waals surface area contributed by atoms with Crippen molar-refractivity contribution in [2.75, 3.05) is 10.2 Å². The van der Waals surface area contributed by atoms with Crippen molar-refractivity contribution in [3.05, 3.63) is 104 Å². The molecule has 1 heterocycles. The summed E-state index contributed by atoms with van der Waals surface area (Å²) in [5, 5.41) is 12.9. The Bertz CT molecular complexity index is 1370. The molecule has 0 radical (unpaired) electrons. The molecular weight excluding hydrogens is 508 g/mol. The van der Waals surface area contributed by atoms with Crippen molar-refractivity contribution >= 4 is 58.2 Å². The van der Waals surface area contributed by atoms with Crippen LogP contribution in [0.3, 0.4) is 0 Å². The number of hydrogen-bond acceptors (Lipinski definition) is 4. The molecule has 1 aliphatic heterocycles. The van der Waals surface area contributed by atoms with Crippen molar-refractivity contribution < 1.29 is 14.0 Å². The van der Waals surface area contributed by atoms with Gasteiger partial charge in [-0.2, -0.15) is 5.26 Å². The lowest BCUT2D eigenvalue weighted by atomic mass is 10.1. The molecule has 1 fully saturated rings. The summed E-state index contributed by atoms with van der Waals surface area (Å²) in [6.07, 6.45) is 0.292. The maximum absolute atomic E-state index is 13.6. The molecule has 0 spiro atoms. The molecule has 9 heteroatoms. The highest BCUT2D eigenvalue weighted by atomic mass is 35.5. The van der Waals surface area contributed by atoms with E-state index in [0.29, 0.717) is 27.8 Å². The van der Waals surface area contributed by atoms with Crippen molar-refractivity contribution in [3.8, 4) is 6.07 Å². The zero-order valence-electron chi connectivity index (χ0n) is 18.4. The molecule has 35 heavy (non-hydrogen) atoms. The first-order chi connectivity index (χ1) is 16.8. The van der Waals surface area contributed by atoms with Crippen LogP contribution >= 0.6 is 35.0 Å². The highest BCUT2D eigenvalue weighted by Gasteiger charge is 2.41. The van der Waals surface area contributed by atoms with E-state index in [2.05, 4.69) is 5.32 Å². The van der Waals surface area contributed by atoms with Gasteiger partial charge in [-0.1, -0.05) is 58.7 Å². The van der Waals surface area contributed by atoms with Gasteiger partial charge in [-0.25, -0.2) is 4.39 Å². The number of amides is 2. The molecule has 1 aliphatic rings. The maximum atomic E-state index is 13.6. The number of nitrogens with one attached hydrogen (secondary N) is 1. The molecule has 3 aromatic rings. The lowest BCUT2D eigenvalue weighted by Crippen LogP contribution is -2.31. The lowest BCUT2D eigenvalue weighted by Gasteiger charge is -2.18. The normalized spacial score (nSPS) is 16.7. The van der Waals surface area contributed by atoms with Crippen molar-refractivity contribution in [3.63, 3.8) is 0 Å². The van der Waals surface area contributed by atoms with Gasteiger partial charge in [0.05, 0.1) is 15.3 Å². The minimum absolute atomic E-state index is 0.179. The van der Waals surface area contributed by atoms with E-state index in [0.717, 1.165) is 22.9 Å². The average molecular weight is 526 g/mol. The summed E-state index contributed by atoms with van der Waals surface area (Å²) in [5.74, 6) is -1.45. The van der Waals surface area contributed by atoms with Crippen LogP contribution < -0.4 is 10.2 Å². The Morgan fingerprint density at radius 1 is 1.09 bits per heavy atom. The van der Waals surface area contributed by atoms with E-state index in [1.165, 1.54) is 29.2 Å². The number of aryl methyl sites for hydroxylation is 1. The highest BCUT2D eigenvalue weighted by Crippen LogP contribution is 2.42. The fourth-order valence-electron chi connectivity index (χ4n) is 3.52. The van der Waals surface area contributed by atoms with Crippen LogP contribution in [-0.4, -0.2) is 17.1 Å². The molecule has 0 aliphatic carbocycles. The van der Waals surface area contributed by atoms with Gasteiger partial charge in [-0.15, -0.1) is 0 Å². The zero-order chi connectivity index (χ0) is 25.1. The van der Waals surface area contributed by atoms with E-state index in [1.807, 2.05) is 25.1 Å². The fourth-order valence-corrected chi connectivity index (χ4v) is 5.15. The Balaban J connectivity index is 1.72.